The van der Waals surface area contributed by atoms with Crippen molar-refractivity contribution >= 4 is 5.97 Å². The molecule has 0 aliphatic carbocycles. The molecule has 1 aromatic heterocycles. The van der Waals surface area contributed by atoms with Crippen LogP contribution >= 0.6 is 0 Å². The number of carbonyl (C=O) groups excluding carboxylic acids is 1. The van der Waals surface area contributed by atoms with E-state index in [1.54, 1.807) is 0 Å². The number of ether oxygens (including phenoxy) is 1. The second-order valence-electron chi connectivity index (χ2n) is 3.22. The van der Waals surface area contributed by atoms with Gasteiger partial charge in [-0.25, -0.2) is 18.6 Å². The number of pyridine rings is 1. The monoisotopic (exact) mass is 280 g/mol. The Labute approximate surface area is 103 Å². The Balaban J connectivity index is 3.66. The summed E-state index contributed by atoms with van der Waals surface area (Å²) in [4.78, 5) is 14.1. The van der Waals surface area contributed by atoms with Crippen molar-refractivity contribution in [2.75, 3.05) is 7.11 Å². The second-order valence-corrected chi connectivity index (χ2v) is 3.22. The van der Waals surface area contributed by atoms with E-state index in [4.69, 9.17) is 5.26 Å². The Kier molecular flexibility index (Phi) is 4.04. The summed E-state index contributed by atoms with van der Waals surface area (Å²) in [7, 11) is 0.859. The number of methoxy groups -OCH3 is 1. The van der Waals surface area contributed by atoms with Gasteiger partial charge in [0.05, 0.1) is 18.2 Å². The number of aromatic nitrogens is 1. The van der Waals surface area contributed by atoms with Crippen LogP contribution in [0.25, 0.3) is 0 Å². The van der Waals surface area contributed by atoms with Crippen molar-refractivity contribution in [1.82, 2.24) is 4.98 Å². The first kappa shape index (κ1) is 14.8. The highest BCUT2D eigenvalue weighted by molar-refractivity contribution is 5.87. The van der Waals surface area contributed by atoms with E-state index in [2.05, 4.69) is 9.72 Å². The standard InChI is InChI=1S/C10H5F5N2O2/c1-19-9(18)6-2-5(10(13,14)15)4(3-16)7(17-6)8(11)12/h2,8H,1H3. The van der Waals surface area contributed by atoms with Crippen LogP contribution < -0.4 is 0 Å². The van der Waals surface area contributed by atoms with Gasteiger partial charge in [0.2, 0.25) is 0 Å². The lowest BCUT2D eigenvalue weighted by atomic mass is 10.1. The Hall–Kier alpha value is -2.24. The molecule has 1 heterocycles. The van der Waals surface area contributed by atoms with Gasteiger partial charge in [-0.15, -0.1) is 0 Å². The lowest BCUT2D eigenvalue weighted by Gasteiger charge is -2.13. The maximum atomic E-state index is 12.7. The molecule has 0 atom stereocenters. The van der Waals surface area contributed by atoms with Gasteiger partial charge in [0, 0.05) is 0 Å². The minimum Gasteiger partial charge on any atom is -0.464 e. The summed E-state index contributed by atoms with van der Waals surface area (Å²) < 4.78 is 67.3. The number of halogens is 5. The van der Waals surface area contributed by atoms with Gasteiger partial charge in [-0.2, -0.15) is 18.4 Å². The van der Waals surface area contributed by atoms with E-state index in [0.717, 1.165) is 13.2 Å². The lowest BCUT2D eigenvalue weighted by molar-refractivity contribution is -0.138. The zero-order valence-corrected chi connectivity index (χ0v) is 9.26. The molecular weight excluding hydrogens is 275 g/mol. The van der Waals surface area contributed by atoms with Crippen LogP contribution in [0.15, 0.2) is 6.07 Å². The van der Waals surface area contributed by atoms with Crippen LogP contribution in [0.3, 0.4) is 0 Å². The number of hydrogen-bond acceptors (Lipinski definition) is 4. The van der Waals surface area contributed by atoms with Crippen molar-refractivity contribution in [2.45, 2.75) is 12.6 Å². The molecule has 0 aliphatic rings. The number of nitrogens with zero attached hydrogens (tertiary/aromatic N) is 2. The van der Waals surface area contributed by atoms with Gasteiger partial charge in [0.1, 0.15) is 17.5 Å². The number of alkyl halides is 5. The first-order valence-electron chi connectivity index (χ1n) is 4.61. The molecule has 0 saturated heterocycles. The third-order valence-electron chi connectivity index (χ3n) is 2.07. The van der Waals surface area contributed by atoms with E-state index in [9.17, 15) is 26.7 Å². The van der Waals surface area contributed by atoms with Crippen LogP contribution in [-0.2, 0) is 10.9 Å². The molecule has 1 rings (SSSR count). The molecule has 0 amide bonds. The fraction of sp³-hybridized carbons (Fsp3) is 0.300. The minimum atomic E-state index is -5.07. The van der Waals surface area contributed by atoms with Crippen LogP contribution in [-0.4, -0.2) is 18.1 Å². The van der Waals surface area contributed by atoms with Crippen molar-refractivity contribution in [3.8, 4) is 6.07 Å². The molecule has 102 valence electrons. The molecule has 4 nitrogen and oxygen atoms in total. The second kappa shape index (κ2) is 5.17. The quantitative estimate of drug-likeness (QED) is 0.617. The van der Waals surface area contributed by atoms with Crippen LogP contribution in [0.4, 0.5) is 22.0 Å². The Morgan fingerprint density at radius 1 is 1.47 bits per heavy atom. The Bertz CT molecular complexity index is 548. The molecule has 0 spiro atoms. The van der Waals surface area contributed by atoms with Crippen LogP contribution in [0.5, 0.6) is 0 Å². The molecule has 0 bridgehead atoms. The van der Waals surface area contributed by atoms with Gasteiger partial charge in [-0.05, 0) is 6.07 Å². The van der Waals surface area contributed by atoms with Gasteiger partial charge in [0.25, 0.3) is 6.43 Å². The van der Waals surface area contributed by atoms with Crippen molar-refractivity contribution in [3.05, 3.63) is 28.6 Å². The summed E-state index contributed by atoms with van der Waals surface area (Å²) in [5, 5.41) is 8.56. The molecule has 1 aromatic rings. The van der Waals surface area contributed by atoms with E-state index in [-0.39, 0.29) is 6.07 Å². The predicted octanol–water partition coefficient (Wildman–Crippen LogP) is 2.70. The maximum Gasteiger partial charge on any atom is 0.417 e. The molecule has 19 heavy (non-hydrogen) atoms. The number of carbonyl (C=O) groups is 1. The average molecular weight is 280 g/mol. The fourth-order valence-electron chi connectivity index (χ4n) is 1.27. The Morgan fingerprint density at radius 2 is 2.05 bits per heavy atom. The van der Waals surface area contributed by atoms with Crippen molar-refractivity contribution < 1.29 is 31.5 Å². The van der Waals surface area contributed by atoms with E-state index in [0.29, 0.717) is 0 Å². The normalized spacial score (nSPS) is 11.3. The van der Waals surface area contributed by atoms with E-state index in [1.165, 1.54) is 0 Å². The highest BCUT2D eigenvalue weighted by atomic mass is 19.4. The zero-order chi connectivity index (χ0) is 14.8. The van der Waals surface area contributed by atoms with Crippen LogP contribution in [0.1, 0.15) is 33.7 Å². The van der Waals surface area contributed by atoms with Crippen LogP contribution in [0, 0.1) is 11.3 Å². The molecule has 0 aliphatic heterocycles. The number of hydrogen-bond donors (Lipinski definition) is 0. The van der Waals surface area contributed by atoms with Crippen molar-refractivity contribution in [1.29, 1.82) is 5.26 Å². The van der Waals surface area contributed by atoms with Crippen molar-refractivity contribution in [3.63, 3.8) is 0 Å². The van der Waals surface area contributed by atoms with Gasteiger partial charge < -0.3 is 4.74 Å². The van der Waals surface area contributed by atoms with E-state index in [1.807, 2.05) is 0 Å². The molecule has 0 fully saturated rings. The van der Waals surface area contributed by atoms with E-state index < -0.39 is 41.1 Å². The summed E-state index contributed by atoms with van der Waals surface area (Å²) in [6.45, 7) is 0. The summed E-state index contributed by atoms with van der Waals surface area (Å²) in [6, 6.07) is 1.23. The highest BCUT2D eigenvalue weighted by Gasteiger charge is 2.38. The smallest absolute Gasteiger partial charge is 0.417 e. The largest absolute Gasteiger partial charge is 0.464 e. The number of nitriles is 1. The molecule has 0 saturated carbocycles. The average Bonchev–Trinajstić information content (AvgIpc) is 2.34. The van der Waals surface area contributed by atoms with Gasteiger partial charge in [-0.1, -0.05) is 0 Å². The summed E-state index contributed by atoms with van der Waals surface area (Å²) in [5.41, 5.74) is -5.31. The highest BCUT2D eigenvalue weighted by Crippen LogP contribution is 2.35. The minimum absolute atomic E-state index is 0.205. The molecule has 0 N–H and O–H groups in total. The van der Waals surface area contributed by atoms with Crippen LogP contribution in [0.2, 0.25) is 0 Å². The van der Waals surface area contributed by atoms with Gasteiger partial charge in [-0.3, -0.25) is 0 Å². The van der Waals surface area contributed by atoms with E-state index >= 15 is 0 Å². The molecular formula is C10H5F5N2O2. The third-order valence-corrected chi connectivity index (χ3v) is 2.07. The maximum absolute atomic E-state index is 12.7. The van der Waals surface area contributed by atoms with Gasteiger partial charge >= 0.3 is 12.1 Å². The molecule has 0 radical (unpaired) electrons. The number of rotatable bonds is 2. The first-order chi connectivity index (χ1) is 8.72. The summed E-state index contributed by atoms with van der Waals surface area (Å²) in [6.07, 6.45) is -8.50. The topological polar surface area (TPSA) is 63.0 Å². The third kappa shape index (κ3) is 2.96. The fourth-order valence-corrected chi connectivity index (χ4v) is 1.27. The Morgan fingerprint density at radius 3 is 2.42 bits per heavy atom. The number of esters is 1. The lowest BCUT2D eigenvalue weighted by Crippen LogP contribution is -2.16. The molecule has 0 unspecified atom stereocenters. The van der Waals surface area contributed by atoms with Gasteiger partial charge in [0.15, 0.2) is 0 Å². The van der Waals surface area contributed by atoms with Crippen molar-refractivity contribution in [2.24, 2.45) is 0 Å². The SMILES string of the molecule is COC(=O)c1cc(C(F)(F)F)c(C#N)c(C(F)F)n1. The summed E-state index contributed by atoms with van der Waals surface area (Å²) in [5.74, 6) is -1.31. The predicted molar refractivity (Wildman–Crippen MR) is 50.3 cm³/mol. The summed E-state index contributed by atoms with van der Waals surface area (Å²) >= 11 is 0. The molecule has 0 aromatic carbocycles. The molecule has 9 heteroatoms. The first-order valence-corrected chi connectivity index (χ1v) is 4.61. The zero-order valence-electron chi connectivity index (χ0n) is 9.26.